The first kappa shape index (κ1) is 45.2. The first-order chi connectivity index (χ1) is 29.0. The Labute approximate surface area is 354 Å². The second kappa shape index (κ2) is 24.2. The van der Waals surface area contributed by atoms with Crippen LogP contribution in [0.5, 0.6) is 11.5 Å². The molecule has 6 rings (SSSR count). The van der Waals surface area contributed by atoms with Gasteiger partial charge in [0.25, 0.3) is 0 Å². The highest BCUT2D eigenvalue weighted by Gasteiger charge is 2.34. The Bertz CT molecular complexity index is 2070. The zero-order valence-corrected chi connectivity index (χ0v) is 36.4. The number of benzene rings is 4. The smallest absolute Gasteiger partial charge is 0.198 e. The number of aryl methyl sites for hydroxylation is 1. The number of nitrogens with zero attached hydrogens (tertiary/aromatic N) is 1. The second-order valence-corrected chi connectivity index (χ2v) is 16.1. The van der Waals surface area contributed by atoms with Crippen molar-refractivity contribution < 1.29 is 19.1 Å². The number of carbonyl (C=O) groups is 2. The normalized spacial score (nSPS) is 11.9. The van der Waals surface area contributed by atoms with Crippen LogP contribution in [0.25, 0.3) is 34.0 Å². The fourth-order valence-corrected chi connectivity index (χ4v) is 8.20. The Morgan fingerprint density at radius 1 is 0.508 bits per heavy atom. The van der Waals surface area contributed by atoms with Gasteiger partial charge in [-0.3, -0.25) is 9.59 Å². The van der Waals surface area contributed by atoms with E-state index in [0.29, 0.717) is 47.0 Å². The predicted octanol–water partition coefficient (Wildman–Crippen LogP) is 15.4. The Balaban J connectivity index is 0.000000235. The molecule has 5 aromatic rings. The number of ether oxygens (including phenoxy) is 2. The quantitative estimate of drug-likeness (QED) is 0.0542. The molecule has 0 aliphatic heterocycles. The molecule has 314 valence electrons. The number of hydrogen-bond acceptors (Lipinski definition) is 4. The van der Waals surface area contributed by atoms with Crippen molar-refractivity contribution in [3.8, 4) is 11.5 Å². The Hall–Kier alpha value is -4.90. The standard InChI is InChI=1S/C30H40O4.C24H29N/c1-3-5-7-9-11-15-21-33-26-20-19-25-27(30(26)34-22-16-12-10-8-6-4-2)29(32)24-18-14-13-17-23(24)28(25)31;1-4-7-8-9-10-11-16-25-23-14-12-19(5-2)17-21(23)22-18-20(6-3)13-15-24(22)25/h13-14,17-20H,3-12,15-16,21-22H2,1-2H3;5-6,12-15,17-18H,2-4,7-11,16H2,1H3. The summed E-state index contributed by atoms with van der Waals surface area (Å²) in [7, 11) is 0. The van der Waals surface area contributed by atoms with Crippen molar-refractivity contribution in [1.29, 1.82) is 0 Å². The SMILES string of the molecule is C=Cc1ccc2c(c1)c1cc(C=C)ccc1n2CCCCCCCC.CCCCCCCCOc1ccc2c(c1OCCCCCCCC)C(=O)c1ccccc1C2=O. The minimum Gasteiger partial charge on any atom is -0.490 e. The fourth-order valence-electron chi connectivity index (χ4n) is 8.20. The number of aromatic nitrogens is 1. The van der Waals surface area contributed by atoms with Gasteiger partial charge in [-0.1, -0.05) is 179 Å². The number of hydrogen-bond donors (Lipinski definition) is 0. The number of rotatable bonds is 25. The number of fused-ring (bicyclic) bond motifs is 5. The third-order valence-electron chi connectivity index (χ3n) is 11.6. The molecule has 0 atom stereocenters. The molecule has 59 heavy (non-hydrogen) atoms. The molecule has 0 spiro atoms. The van der Waals surface area contributed by atoms with Gasteiger partial charge in [0, 0.05) is 45.0 Å². The van der Waals surface area contributed by atoms with E-state index in [1.807, 2.05) is 12.2 Å². The van der Waals surface area contributed by atoms with Crippen LogP contribution >= 0.6 is 0 Å². The van der Waals surface area contributed by atoms with Crippen LogP contribution in [0.3, 0.4) is 0 Å². The maximum absolute atomic E-state index is 13.4. The van der Waals surface area contributed by atoms with E-state index < -0.39 is 0 Å². The van der Waals surface area contributed by atoms with Crippen molar-refractivity contribution in [3.63, 3.8) is 0 Å². The highest BCUT2D eigenvalue weighted by molar-refractivity contribution is 6.29. The summed E-state index contributed by atoms with van der Waals surface area (Å²) in [6.45, 7) is 16.7. The van der Waals surface area contributed by atoms with Gasteiger partial charge in [-0.2, -0.15) is 0 Å². The van der Waals surface area contributed by atoms with E-state index in [4.69, 9.17) is 9.47 Å². The van der Waals surface area contributed by atoms with Gasteiger partial charge in [0.05, 0.1) is 18.8 Å². The van der Waals surface area contributed by atoms with Gasteiger partial charge in [-0.15, -0.1) is 0 Å². The van der Waals surface area contributed by atoms with Crippen molar-refractivity contribution in [2.24, 2.45) is 0 Å². The molecule has 1 aromatic heterocycles. The minimum atomic E-state index is -0.159. The van der Waals surface area contributed by atoms with Gasteiger partial charge in [-0.25, -0.2) is 0 Å². The summed E-state index contributed by atoms with van der Waals surface area (Å²) in [6, 6.07) is 23.9. The lowest BCUT2D eigenvalue weighted by molar-refractivity contribution is 0.0974. The summed E-state index contributed by atoms with van der Waals surface area (Å²) in [5, 5.41) is 2.64. The molecule has 0 amide bonds. The number of carbonyl (C=O) groups excluding carboxylic acids is 2. The van der Waals surface area contributed by atoms with Gasteiger partial charge in [0.15, 0.2) is 23.1 Å². The Kier molecular flexibility index (Phi) is 18.6. The van der Waals surface area contributed by atoms with E-state index in [1.165, 1.54) is 123 Å². The lowest BCUT2D eigenvalue weighted by atomic mass is 9.83. The average Bonchev–Trinajstić information content (AvgIpc) is 3.58. The molecule has 0 saturated carbocycles. The molecule has 0 saturated heterocycles. The zero-order valence-electron chi connectivity index (χ0n) is 36.4. The molecule has 5 heteroatoms. The lowest BCUT2D eigenvalue weighted by Gasteiger charge is -2.22. The monoisotopic (exact) mass is 796 g/mol. The summed E-state index contributed by atoms with van der Waals surface area (Å²) in [5.41, 5.74) is 6.68. The molecule has 0 N–H and O–H groups in total. The maximum Gasteiger partial charge on any atom is 0.198 e. The van der Waals surface area contributed by atoms with Gasteiger partial charge in [0.1, 0.15) is 0 Å². The van der Waals surface area contributed by atoms with Crippen LogP contribution in [-0.4, -0.2) is 29.3 Å². The maximum atomic E-state index is 13.4. The molecule has 1 aliphatic carbocycles. The minimum absolute atomic E-state index is 0.128. The van der Waals surface area contributed by atoms with Gasteiger partial charge >= 0.3 is 0 Å². The van der Waals surface area contributed by atoms with Crippen LogP contribution in [0.1, 0.15) is 179 Å². The molecule has 0 radical (unpaired) electrons. The van der Waals surface area contributed by atoms with E-state index in [0.717, 1.165) is 32.2 Å². The average molecular weight is 796 g/mol. The van der Waals surface area contributed by atoms with Gasteiger partial charge < -0.3 is 14.0 Å². The predicted molar refractivity (Wildman–Crippen MR) is 250 cm³/mol. The van der Waals surface area contributed by atoms with Crippen LogP contribution in [0.4, 0.5) is 0 Å². The topological polar surface area (TPSA) is 57.5 Å². The molecule has 1 aliphatic rings. The molecule has 5 nitrogen and oxygen atoms in total. The van der Waals surface area contributed by atoms with Crippen LogP contribution in [-0.2, 0) is 6.54 Å². The summed E-state index contributed by atoms with van der Waals surface area (Å²) in [6.07, 6.45) is 25.8. The van der Waals surface area contributed by atoms with Gasteiger partial charge in [-0.05, 0) is 66.8 Å². The highest BCUT2D eigenvalue weighted by atomic mass is 16.5. The van der Waals surface area contributed by atoms with E-state index in [2.05, 4.69) is 74.9 Å². The first-order valence-corrected chi connectivity index (χ1v) is 22.9. The zero-order chi connectivity index (χ0) is 41.8. The van der Waals surface area contributed by atoms with Gasteiger partial charge in [0.2, 0.25) is 0 Å². The fraction of sp³-hybridized carbons (Fsp3) is 0.444. The van der Waals surface area contributed by atoms with E-state index in [9.17, 15) is 9.59 Å². The van der Waals surface area contributed by atoms with Crippen molar-refractivity contribution in [3.05, 3.63) is 119 Å². The number of ketones is 2. The summed E-state index contributed by atoms with van der Waals surface area (Å²) in [4.78, 5) is 26.6. The molecule has 0 bridgehead atoms. The summed E-state index contributed by atoms with van der Waals surface area (Å²) in [5.74, 6) is 0.717. The third-order valence-corrected chi connectivity index (χ3v) is 11.6. The van der Waals surface area contributed by atoms with Crippen LogP contribution < -0.4 is 9.47 Å². The van der Waals surface area contributed by atoms with Crippen LogP contribution in [0, 0.1) is 0 Å². The van der Waals surface area contributed by atoms with Crippen molar-refractivity contribution in [2.75, 3.05) is 13.2 Å². The van der Waals surface area contributed by atoms with Crippen molar-refractivity contribution in [2.45, 2.75) is 143 Å². The second-order valence-electron chi connectivity index (χ2n) is 16.1. The van der Waals surface area contributed by atoms with Crippen molar-refractivity contribution in [1.82, 2.24) is 4.57 Å². The molecular formula is C54H69NO4. The highest BCUT2D eigenvalue weighted by Crippen LogP contribution is 2.40. The summed E-state index contributed by atoms with van der Waals surface area (Å²) < 4.78 is 14.8. The summed E-state index contributed by atoms with van der Waals surface area (Å²) >= 11 is 0. The van der Waals surface area contributed by atoms with E-state index in [-0.39, 0.29) is 11.6 Å². The Morgan fingerprint density at radius 3 is 1.51 bits per heavy atom. The van der Waals surface area contributed by atoms with Crippen molar-refractivity contribution >= 4 is 45.5 Å². The third kappa shape index (κ3) is 12.1. The van der Waals surface area contributed by atoms with E-state index >= 15 is 0 Å². The van der Waals surface area contributed by atoms with Crippen LogP contribution in [0.15, 0.2) is 86.0 Å². The Morgan fingerprint density at radius 2 is 0.983 bits per heavy atom. The molecule has 0 fully saturated rings. The van der Waals surface area contributed by atoms with Crippen LogP contribution in [0.2, 0.25) is 0 Å². The molecular weight excluding hydrogens is 727 g/mol. The number of unbranched alkanes of at least 4 members (excludes halogenated alkanes) is 15. The molecule has 4 aromatic carbocycles. The van der Waals surface area contributed by atoms with E-state index in [1.54, 1.807) is 36.4 Å². The first-order valence-electron chi connectivity index (χ1n) is 22.9. The largest absolute Gasteiger partial charge is 0.490 e. The molecule has 0 unspecified atom stereocenters. The molecule has 1 heterocycles. The lowest BCUT2D eigenvalue weighted by Crippen LogP contribution is -2.22.